The molecule has 0 spiro atoms. The van der Waals surface area contributed by atoms with Crippen LogP contribution in [0.2, 0.25) is 0 Å². The van der Waals surface area contributed by atoms with Crippen molar-refractivity contribution in [2.75, 3.05) is 0 Å². The van der Waals surface area contributed by atoms with Crippen LogP contribution in [0.4, 0.5) is 0 Å². The highest BCUT2D eigenvalue weighted by atomic mass is 16.5. The lowest BCUT2D eigenvalue weighted by Crippen LogP contribution is -2.01. The van der Waals surface area contributed by atoms with E-state index in [4.69, 9.17) is 9.47 Å². The molecule has 0 saturated heterocycles. The van der Waals surface area contributed by atoms with E-state index in [0.29, 0.717) is 11.1 Å². The Kier molecular flexibility index (Phi) is 4.88. The fraction of sp³-hybridized carbons (Fsp3) is 0. The molecule has 0 aliphatic heterocycles. The molecule has 110 valence electrons. The van der Waals surface area contributed by atoms with Crippen molar-refractivity contribution in [3.63, 3.8) is 0 Å². The van der Waals surface area contributed by atoms with E-state index in [9.17, 15) is 9.59 Å². The number of ether oxygens (including phenoxy) is 2. The molecule has 0 amide bonds. The van der Waals surface area contributed by atoms with Gasteiger partial charge in [0.2, 0.25) is 0 Å². The van der Waals surface area contributed by atoms with Crippen molar-refractivity contribution in [2.24, 2.45) is 0 Å². The molecule has 0 fully saturated rings. The molecule has 4 nitrogen and oxygen atoms in total. The summed E-state index contributed by atoms with van der Waals surface area (Å²) >= 11 is 0. The Morgan fingerprint density at radius 2 is 1.36 bits per heavy atom. The van der Waals surface area contributed by atoms with Crippen molar-refractivity contribution in [3.05, 3.63) is 85.3 Å². The quantitative estimate of drug-likeness (QED) is 0.619. The first kappa shape index (κ1) is 15.3. The fourth-order valence-electron chi connectivity index (χ4n) is 1.91. The summed E-state index contributed by atoms with van der Waals surface area (Å²) in [6.07, 6.45) is 2.18. The van der Waals surface area contributed by atoms with Crippen LogP contribution in [-0.4, -0.2) is 11.9 Å². The standard InChI is InChI=1S/C18H14O4/c1-3-21-17(19)14-10-8-13(9-11-14)15-6-5-7-16(12-15)18(20)22-4-2/h3-12H,1-2H2. The van der Waals surface area contributed by atoms with Crippen LogP contribution >= 0.6 is 0 Å². The molecule has 4 heteroatoms. The molecule has 0 heterocycles. The molecule has 2 aromatic carbocycles. The van der Waals surface area contributed by atoms with E-state index in [-0.39, 0.29) is 0 Å². The summed E-state index contributed by atoms with van der Waals surface area (Å²) < 4.78 is 9.46. The molecule has 0 saturated carbocycles. The third-order valence-electron chi connectivity index (χ3n) is 2.93. The molecule has 2 rings (SSSR count). The van der Waals surface area contributed by atoms with E-state index in [1.54, 1.807) is 42.5 Å². The Hall–Kier alpha value is -3.14. The molecule has 0 N–H and O–H groups in total. The normalized spacial score (nSPS) is 9.64. The second-order valence-corrected chi connectivity index (χ2v) is 4.30. The third kappa shape index (κ3) is 3.49. The van der Waals surface area contributed by atoms with Gasteiger partial charge in [0.25, 0.3) is 0 Å². The molecule has 22 heavy (non-hydrogen) atoms. The van der Waals surface area contributed by atoms with Crippen LogP contribution in [0.3, 0.4) is 0 Å². The van der Waals surface area contributed by atoms with Crippen LogP contribution in [0.1, 0.15) is 20.7 Å². The van der Waals surface area contributed by atoms with Crippen LogP contribution in [0, 0.1) is 0 Å². The van der Waals surface area contributed by atoms with Gasteiger partial charge in [0.1, 0.15) is 0 Å². The first-order chi connectivity index (χ1) is 10.7. The van der Waals surface area contributed by atoms with E-state index < -0.39 is 11.9 Å². The maximum atomic E-state index is 11.7. The van der Waals surface area contributed by atoms with Crippen molar-refractivity contribution < 1.29 is 19.1 Å². The molecule has 0 aliphatic carbocycles. The Morgan fingerprint density at radius 1 is 0.773 bits per heavy atom. The summed E-state index contributed by atoms with van der Waals surface area (Å²) in [4.78, 5) is 23.2. The predicted molar refractivity (Wildman–Crippen MR) is 83.1 cm³/mol. The summed E-state index contributed by atoms with van der Waals surface area (Å²) in [5.74, 6) is -0.937. The Bertz CT molecular complexity index is 714. The molecule has 0 atom stereocenters. The van der Waals surface area contributed by atoms with Crippen LogP contribution in [0.15, 0.2) is 74.2 Å². The van der Waals surface area contributed by atoms with Crippen LogP contribution in [0.25, 0.3) is 11.1 Å². The minimum atomic E-state index is -0.469. The van der Waals surface area contributed by atoms with E-state index in [2.05, 4.69) is 13.2 Å². The second kappa shape index (κ2) is 7.04. The highest BCUT2D eigenvalue weighted by Crippen LogP contribution is 2.21. The molecule has 0 aliphatic rings. The molecule has 0 bridgehead atoms. The van der Waals surface area contributed by atoms with Gasteiger partial charge in [-0.15, -0.1) is 0 Å². The van der Waals surface area contributed by atoms with Gasteiger partial charge in [-0.2, -0.15) is 0 Å². The summed E-state index contributed by atoms with van der Waals surface area (Å²) in [6.45, 7) is 6.69. The SMILES string of the molecule is C=COC(=O)c1ccc(-c2cccc(C(=O)OC=C)c2)cc1. The van der Waals surface area contributed by atoms with Gasteiger partial charge in [-0.25, -0.2) is 9.59 Å². The zero-order valence-electron chi connectivity index (χ0n) is 11.8. The second-order valence-electron chi connectivity index (χ2n) is 4.30. The molecular weight excluding hydrogens is 280 g/mol. The molecule has 2 aromatic rings. The monoisotopic (exact) mass is 294 g/mol. The third-order valence-corrected chi connectivity index (χ3v) is 2.93. The van der Waals surface area contributed by atoms with Crippen LogP contribution < -0.4 is 0 Å². The van der Waals surface area contributed by atoms with Crippen molar-refractivity contribution >= 4 is 11.9 Å². The number of carbonyl (C=O) groups is 2. The maximum absolute atomic E-state index is 11.7. The average molecular weight is 294 g/mol. The Balaban J connectivity index is 2.26. The van der Waals surface area contributed by atoms with Crippen molar-refractivity contribution in [1.82, 2.24) is 0 Å². The highest BCUT2D eigenvalue weighted by Gasteiger charge is 2.09. The minimum Gasteiger partial charge on any atom is -0.432 e. The van der Waals surface area contributed by atoms with Gasteiger partial charge in [0.15, 0.2) is 0 Å². The smallest absolute Gasteiger partial charge is 0.342 e. The Morgan fingerprint density at radius 3 is 1.95 bits per heavy atom. The average Bonchev–Trinajstić information content (AvgIpc) is 2.55. The Labute approximate surface area is 128 Å². The van der Waals surface area contributed by atoms with Gasteiger partial charge in [0.05, 0.1) is 23.7 Å². The number of esters is 2. The van der Waals surface area contributed by atoms with Crippen molar-refractivity contribution in [2.45, 2.75) is 0 Å². The van der Waals surface area contributed by atoms with Gasteiger partial charge in [-0.1, -0.05) is 37.4 Å². The summed E-state index contributed by atoms with van der Waals surface area (Å²) in [5, 5.41) is 0. The van der Waals surface area contributed by atoms with Crippen molar-refractivity contribution in [3.8, 4) is 11.1 Å². The summed E-state index contributed by atoms with van der Waals surface area (Å²) in [6, 6.07) is 13.8. The zero-order valence-corrected chi connectivity index (χ0v) is 11.8. The van der Waals surface area contributed by atoms with Gasteiger partial charge in [-0.05, 0) is 35.4 Å². The number of hydrogen-bond acceptors (Lipinski definition) is 4. The summed E-state index contributed by atoms with van der Waals surface area (Å²) in [5.41, 5.74) is 2.55. The van der Waals surface area contributed by atoms with Gasteiger partial charge in [-0.3, -0.25) is 0 Å². The molecule has 0 radical (unpaired) electrons. The summed E-state index contributed by atoms with van der Waals surface area (Å²) in [7, 11) is 0. The molecule has 0 unspecified atom stereocenters. The topological polar surface area (TPSA) is 52.6 Å². The lowest BCUT2D eigenvalue weighted by molar-refractivity contribution is 0.0655. The van der Waals surface area contributed by atoms with E-state index >= 15 is 0 Å². The number of rotatable bonds is 5. The largest absolute Gasteiger partial charge is 0.432 e. The lowest BCUT2D eigenvalue weighted by Gasteiger charge is -2.05. The van der Waals surface area contributed by atoms with Crippen molar-refractivity contribution in [1.29, 1.82) is 0 Å². The lowest BCUT2D eigenvalue weighted by atomic mass is 10.0. The van der Waals surface area contributed by atoms with E-state index in [0.717, 1.165) is 23.7 Å². The number of carbonyl (C=O) groups excluding carboxylic acids is 2. The predicted octanol–water partition coefficient (Wildman–Crippen LogP) is 3.95. The first-order valence-corrected chi connectivity index (χ1v) is 6.50. The highest BCUT2D eigenvalue weighted by molar-refractivity contribution is 5.92. The zero-order chi connectivity index (χ0) is 15.9. The number of benzene rings is 2. The fourth-order valence-corrected chi connectivity index (χ4v) is 1.91. The van der Waals surface area contributed by atoms with E-state index in [1.807, 2.05) is 6.07 Å². The number of hydrogen-bond donors (Lipinski definition) is 0. The van der Waals surface area contributed by atoms with Gasteiger partial charge >= 0.3 is 11.9 Å². The van der Waals surface area contributed by atoms with Gasteiger partial charge in [0, 0.05) is 0 Å². The first-order valence-electron chi connectivity index (χ1n) is 6.50. The van der Waals surface area contributed by atoms with Crippen LogP contribution in [-0.2, 0) is 9.47 Å². The van der Waals surface area contributed by atoms with Gasteiger partial charge < -0.3 is 9.47 Å². The molecular formula is C18H14O4. The van der Waals surface area contributed by atoms with Crippen LogP contribution in [0.5, 0.6) is 0 Å². The molecule has 0 aromatic heterocycles. The van der Waals surface area contributed by atoms with E-state index in [1.165, 1.54) is 0 Å². The minimum absolute atomic E-state index is 0.422. The maximum Gasteiger partial charge on any atom is 0.342 e.